The molecule has 0 atom stereocenters. The first-order valence-corrected chi connectivity index (χ1v) is 11.4. The van der Waals surface area contributed by atoms with Crippen LogP contribution in [0, 0.1) is 0 Å². The first-order valence-electron chi connectivity index (χ1n) is 10.2. The Morgan fingerprint density at radius 1 is 0.938 bits per heavy atom. The Balaban J connectivity index is 1.72. The van der Waals surface area contributed by atoms with Crippen molar-refractivity contribution in [2.24, 2.45) is 0 Å². The van der Waals surface area contributed by atoms with Crippen LogP contribution in [0.15, 0.2) is 93.7 Å². The molecule has 0 aliphatic rings. The topological polar surface area (TPSA) is 63.6 Å². The Labute approximate surface area is 194 Å². The Morgan fingerprint density at radius 2 is 1.62 bits per heavy atom. The van der Waals surface area contributed by atoms with Gasteiger partial charge in [-0.15, -0.1) is 10.2 Å². The van der Waals surface area contributed by atoms with Gasteiger partial charge >= 0.3 is 0 Å². The lowest BCUT2D eigenvalue weighted by atomic mass is 10.0. The molecule has 0 saturated carbocycles. The van der Waals surface area contributed by atoms with Crippen molar-refractivity contribution in [3.05, 3.63) is 94.2 Å². The normalized spacial score (nSPS) is 11.2. The van der Waals surface area contributed by atoms with Crippen LogP contribution in [0.4, 0.5) is 0 Å². The van der Waals surface area contributed by atoms with E-state index < -0.39 is 0 Å². The Morgan fingerprint density at radius 3 is 2.31 bits per heavy atom. The van der Waals surface area contributed by atoms with Gasteiger partial charge < -0.3 is 9.55 Å². The molecule has 0 spiro atoms. The van der Waals surface area contributed by atoms with E-state index in [1.165, 1.54) is 11.8 Å². The summed E-state index contributed by atoms with van der Waals surface area (Å²) in [6.07, 6.45) is 0. The quantitative estimate of drug-likeness (QED) is 0.336. The van der Waals surface area contributed by atoms with Crippen LogP contribution in [-0.4, -0.2) is 19.7 Å². The Kier molecular flexibility index (Phi) is 5.55. The van der Waals surface area contributed by atoms with E-state index in [-0.39, 0.29) is 5.56 Å². The third kappa shape index (κ3) is 3.72. The Hall–Kier alpha value is -3.35. The van der Waals surface area contributed by atoms with Crippen molar-refractivity contribution >= 4 is 34.3 Å². The summed E-state index contributed by atoms with van der Waals surface area (Å²) in [6.45, 7) is 2.72. The third-order valence-corrected chi connectivity index (χ3v) is 6.57. The fraction of sp³-hybridized carbons (Fsp3) is 0.0800. The van der Waals surface area contributed by atoms with E-state index in [1.807, 2.05) is 84.3 Å². The van der Waals surface area contributed by atoms with Crippen LogP contribution < -0.4 is 5.56 Å². The van der Waals surface area contributed by atoms with Crippen LogP contribution >= 0.6 is 23.4 Å². The molecule has 32 heavy (non-hydrogen) atoms. The highest BCUT2D eigenvalue weighted by Gasteiger charge is 2.20. The molecule has 0 unspecified atom stereocenters. The lowest BCUT2D eigenvalue weighted by Gasteiger charge is -2.13. The van der Waals surface area contributed by atoms with Crippen LogP contribution in [-0.2, 0) is 6.54 Å². The molecule has 3 aromatic carbocycles. The number of benzene rings is 3. The molecule has 5 nitrogen and oxygen atoms in total. The van der Waals surface area contributed by atoms with Crippen molar-refractivity contribution < 1.29 is 0 Å². The summed E-state index contributed by atoms with van der Waals surface area (Å²) < 4.78 is 2.02. The fourth-order valence-corrected chi connectivity index (χ4v) is 5.01. The summed E-state index contributed by atoms with van der Waals surface area (Å²) >= 11 is 7.65. The fourth-order valence-electron chi connectivity index (χ4n) is 3.78. The molecule has 7 heteroatoms. The highest BCUT2D eigenvalue weighted by Crippen LogP contribution is 2.38. The first-order chi connectivity index (χ1) is 15.7. The van der Waals surface area contributed by atoms with Crippen molar-refractivity contribution in [1.82, 2.24) is 19.7 Å². The molecule has 1 N–H and O–H groups in total. The van der Waals surface area contributed by atoms with Gasteiger partial charge in [0.05, 0.1) is 4.90 Å². The summed E-state index contributed by atoms with van der Waals surface area (Å²) in [5, 5.41) is 11.0. The van der Waals surface area contributed by atoms with Gasteiger partial charge in [0.1, 0.15) is 0 Å². The zero-order valence-corrected chi connectivity index (χ0v) is 18.8. The average Bonchev–Trinajstić information content (AvgIpc) is 3.23. The molecule has 0 saturated heterocycles. The molecule has 2 aromatic heterocycles. The van der Waals surface area contributed by atoms with E-state index in [0.29, 0.717) is 21.6 Å². The summed E-state index contributed by atoms with van der Waals surface area (Å²) in [4.78, 5) is 16.8. The van der Waals surface area contributed by atoms with E-state index in [9.17, 15) is 4.79 Å². The van der Waals surface area contributed by atoms with E-state index in [2.05, 4.69) is 15.2 Å². The molecule has 0 amide bonds. The van der Waals surface area contributed by atoms with Crippen molar-refractivity contribution in [2.75, 3.05) is 0 Å². The van der Waals surface area contributed by atoms with Crippen molar-refractivity contribution in [3.8, 4) is 22.5 Å². The van der Waals surface area contributed by atoms with Gasteiger partial charge in [0.15, 0.2) is 11.0 Å². The summed E-state index contributed by atoms with van der Waals surface area (Å²) in [5.41, 5.74) is 3.33. The molecular formula is C25H19ClN4OS. The molecular weight excluding hydrogens is 440 g/mol. The van der Waals surface area contributed by atoms with E-state index in [0.717, 1.165) is 33.4 Å². The molecule has 2 heterocycles. The van der Waals surface area contributed by atoms with Crippen LogP contribution in [0.1, 0.15) is 6.92 Å². The Bertz CT molecular complexity index is 1460. The van der Waals surface area contributed by atoms with Gasteiger partial charge in [0.2, 0.25) is 0 Å². The van der Waals surface area contributed by atoms with Crippen LogP contribution in [0.25, 0.3) is 33.4 Å². The number of H-pyrrole nitrogens is 1. The van der Waals surface area contributed by atoms with Gasteiger partial charge in [-0.2, -0.15) is 0 Å². The smallest absolute Gasteiger partial charge is 0.263 e. The largest absolute Gasteiger partial charge is 0.321 e. The summed E-state index contributed by atoms with van der Waals surface area (Å²) in [6, 6.07) is 25.3. The number of rotatable bonds is 5. The second-order valence-electron chi connectivity index (χ2n) is 7.23. The molecule has 0 aliphatic carbocycles. The maximum Gasteiger partial charge on any atom is 0.263 e. The van der Waals surface area contributed by atoms with Gasteiger partial charge in [-0.3, -0.25) is 4.79 Å². The number of fused-ring (bicyclic) bond motifs is 1. The molecule has 0 fully saturated rings. The zero-order chi connectivity index (χ0) is 22.1. The number of pyridine rings is 1. The van der Waals surface area contributed by atoms with Crippen LogP contribution in [0.5, 0.6) is 0 Å². The number of hydrogen-bond donors (Lipinski definition) is 1. The van der Waals surface area contributed by atoms with Gasteiger partial charge in [-0.25, -0.2) is 0 Å². The second-order valence-corrected chi connectivity index (χ2v) is 8.65. The number of aromatic nitrogens is 4. The van der Waals surface area contributed by atoms with Crippen molar-refractivity contribution in [3.63, 3.8) is 0 Å². The number of nitrogens with one attached hydrogen (secondary N) is 1. The lowest BCUT2D eigenvalue weighted by Crippen LogP contribution is -2.11. The minimum Gasteiger partial charge on any atom is -0.321 e. The number of nitrogens with zero attached hydrogens (tertiary/aromatic N) is 3. The van der Waals surface area contributed by atoms with Gasteiger partial charge in [0.25, 0.3) is 5.56 Å². The maximum absolute atomic E-state index is 13.2. The maximum atomic E-state index is 13.2. The predicted molar refractivity (Wildman–Crippen MR) is 130 cm³/mol. The van der Waals surface area contributed by atoms with E-state index in [4.69, 9.17) is 11.6 Å². The zero-order valence-electron chi connectivity index (χ0n) is 17.2. The van der Waals surface area contributed by atoms with Gasteiger partial charge in [-0.1, -0.05) is 72.3 Å². The average molecular weight is 459 g/mol. The van der Waals surface area contributed by atoms with Crippen LogP contribution in [0.3, 0.4) is 0 Å². The first kappa shape index (κ1) is 20.5. The minimum absolute atomic E-state index is 0.171. The molecule has 5 rings (SSSR count). The second kappa shape index (κ2) is 8.65. The molecule has 0 radical (unpaired) electrons. The molecule has 158 valence electrons. The van der Waals surface area contributed by atoms with Gasteiger partial charge in [-0.05, 0) is 42.4 Å². The van der Waals surface area contributed by atoms with Crippen molar-refractivity contribution in [2.45, 2.75) is 23.5 Å². The molecule has 0 aliphatic heterocycles. The van der Waals surface area contributed by atoms with Crippen molar-refractivity contribution in [1.29, 1.82) is 0 Å². The lowest BCUT2D eigenvalue weighted by molar-refractivity contribution is 0.687. The minimum atomic E-state index is -0.171. The van der Waals surface area contributed by atoms with E-state index in [1.54, 1.807) is 6.07 Å². The third-order valence-electron chi connectivity index (χ3n) is 5.25. The number of halogens is 1. The standard InChI is InChI=1S/C25H19ClN4OS/c1-2-30-23(17-11-7-4-8-12-17)28-29-25(30)32-22-21(16-9-5-3-6-10-16)19-15-18(26)13-14-20(19)27-24(22)31/h3-15H,2H2,1H3,(H,27,31). The number of aromatic amines is 1. The monoisotopic (exact) mass is 458 g/mol. The predicted octanol–water partition coefficient (Wildman–Crippen LogP) is 6.28. The number of hydrogen-bond acceptors (Lipinski definition) is 4. The summed E-state index contributed by atoms with van der Waals surface area (Å²) in [7, 11) is 0. The highest BCUT2D eigenvalue weighted by molar-refractivity contribution is 7.99. The molecule has 0 bridgehead atoms. The highest BCUT2D eigenvalue weighted by atomic mass is 35.5. The van der Waals surface area contributed by atoms with E-state index >= 15 is 0 Å². The summed E-state index contributed by atoms with van der Waals surface area (Å²) in [5.74, 6) is 0.775. The van der Waals surface area contributed by atoms with Crippen LogP contribution in [0.2, 0.25) is 5.02 Å². The van der Waals surface area contributed by atoms with Gasteiger partial charge in [0, 0.05) is 33.6 Å². The molecule has 5 aromatic rings. The SMILES string of the molecule is CCn1c(Sc2c(-c3ccccc3)c3cc(Cl)ccc3[nH]c2=O)nnc1-c1ccccc1.